The third-order valence-electron chi connectivity index (χ3n) is 2.84. The number of ether oxygens (including phenoxy) is 1. The minimum absolute atomic E-state index is 0.0480. The van der Waals surface area contributed by atoms with Gasteiger partial charge in [0.2, 0.25) is 0 Å². The van der Waals surface area contributed by atoms with Crippen molar-refractivity contribution in [1.82, 2.24) is 0 Å². The Morgan fingerprint density at radius 1 is 1.32 bits per heavy atom. The number of nitro groups is 1. The van der Waals surface area contributed by atoms with Gasteiger partial charge in [-0.05, 0) is 30.3 Å². The maximum Gasteiger partial charge on any atom is 0.311 e. The molecule has 0 saturated heterocycles. The molecule has 0 aliphatic carbocycles. The molecule has 0 unspecified atom stereocenters. The summed E-state index contributed by atoms with van der Waals surface area (Å²) in [7, 11) is 1.30. The van der Waals surface area contributed by atoms with Gasteiger partial charge in [-0.3, -0.25) is 14.9 Å². The Balaban J connectivity index is 2.32. The molecule has 0 saturated carbocycles. The van der Waals surface area contributed by atoms with Crippen LogP contribution >= 0.6 is 11.6 Å². The molecular formula is C14H11ClN2O5. The second-order valence-corrected chi connectivity index (χ2v) is 4.70. The maximum atomic E-state index is 12.1. The summed E-state index contributed by atoms with van der Waals surface area (Å²) in [6.07, 6.45) is 0. The Bertz CT molecular complexity index is 748. The highest BCUT2D eigenvalue weighted by Crippen LogP contribution is 2.30. The summed E-state index contributed by atoms with van der Waals surface area (Å²) >= 11 is 5.78. The predicted molar refractivity (Wildman–Crippen MR) is 80.7 cm³/mol. The molecule has 2 rings (SSSR count). The number of nitrogens with one attached hydrogen (secondary N) is 1. The lowest BCUT2D eigenvalue weighted by atomic mass is 10.1. The molecule has 1 amide bonds. The van der Waals surface area contributed by atoms with E-state index in [-0.39, 0.29) is 28.4 Å². The van der Waals surface area contributed by atoms with Crippen LogP contribution in [-0.4, -0.2) is 23.0 Å². The van der Waals surface area contributed by atoms with Crippen molar-refractivity contribution in [3.63, 3.8) is 0 Å². The molecule has 7 nitrogen and oxygen atoms in total. The maximum absolute atomic E-state index is 12.1. The van der Waals surface area contributed by atoms with Crippen LogP contribution < -0.4 is 10.1 Å². The number of carbonyl (C=O) groups excluding carboxylic acids is 1. The Hall–Kier alpha value is -2.80. The van der Waals surface area contributed by atoms with Gasteiger partial charge in [0.25, 0.3) is 5.91 Å². The van der Waals surface area contributed by atoms with Gasteiger partial charge >= 0.3 is 5.69 Å². The van der Waals surface area contributed by atoms with Crippen LogP contribution in [-0.2, 0) is 0 Å². The van der Waals surface area contributed by atoms with Crippen LogP contribution in [0.3, 0.4) is 0 Å². The van der Waals surface area contributed by atoms with E-state index in [1.54, 1.807) is 0 Å². The molecule has 0 atom stereocenters. The first-order valence-electron chi connectivity index (χ1n) is 6.04. The molecule has 0 aliphatic heterocycles. The molecule has 0 fully saturated rings. The van der Waals surface area contributed by atoms with Crippen molar-refractivity contribution in [1.29, 1.82) is 0 Å². The van der Waals surface area contributed by atoms with E-state index in [0.717, 1.165) is 6.07 Å². The lowest BCUT2D eigenvalue weighted by molar-refractivity contribution is -0.385. The standard InChI is InChI=1S/C14H11ClN2O5/c1-22-13-5-2-8(6-11(13)17(20)21)14(19)16-10-7-9(15)3-4-12(10)18/h2-7,18H,1H3,(H,16,19). The second kappa shape index (κ2) is 6.31. The fourth-order valence-corrected chi connectivity index (χ4v) is 1.95. The van der Waals surface area contributed by atoms with Crippen LogP contribution in [0.2, 0.25) is 5.02 Å². The number of anilines is 1. The van der Waals surface area contributed by atoms with E-state index in [2.05, 4.69) is 5.32 Å². The summed E-state index contributed by atoms with van der Waals surface area (Å²) < 4.78 is 4.86. The van der Waals surface area contributed by atoms with Gasteiger partial charge in [-0.2, -0.15) is 0 Å². The largest absolute Gasteiger partial charge is 0.506 e. The number of hydrogen-bond acceptors (Lipinski definition) is 5. The van der Waals surface area contributed by atoms with Crippen molar-refractivity contribution >= 4 is 28.9 Å². The lowest BCUT2D eigenvalue weighted by Crippen LogP contribution is -2.12. The molecule has 114 valence electrons. The molecule has 2 aromatic rings. The Morgan fingerprint density at radius 3 is 2.68 bits per heavy atom. The molecule has 0 aliphatic rings. The van der Waals surface area contributed by atoms with Crippen LogP contribution in [0.25, 0.3) is 0 Å². The summed E-state index contributed by atoms with van der Waals surface area (Å²) in [6, 6.07) is 7.95. The number of hydrogen-bond donors (Lipinski definition) is 2. The molecule has 0 bridgehead atoms. The summed E-state index contributed by atoms with van der Waals surface area (Å²) in [4.78, 5) is 22.4. The third kappa shape index (κ3) is 3.26. The molecule has 2 aromatic carbocycles. The van der Waals surface area contributed by atoms with Gasteiger partial charge in [0, 0.05) is 16.7 Å². The van der Waals surface area contributed by atoms with Crippen LogP contribution in [0.4, 0.5) is 11.4 Å². The summed E-state index contributed by atoms with van der Waals surface area (Å²) in [5.41, 5.74) is -0.173. The van der Waals surface area contributed by atoms with Gasteiger partial charge in [0.15, 0.2) is 5.75 Å². The Morgan fingerprint density at radius 2 is 2.05 bits per heavy atom. The van der Waals surface area contributed by atoms with E-state index in [0.29, 0.717) is 5.02 Å². The fourth-order valence-electron chi connectivity index (χ4n) is 1.78. The average molecular weight is 323 g/mol. The summed E-state index contributed by atoms with van der Waals surface area (Å²) in [5.74, 6) is -0.740. The molecular weight excluding hydrogens is 312 g/mol. The monoisotopic (exact) mass is 322 g/mol. The van der Waals surface area contributed by atoms with Crippen molar-refractivity contribution in [2.75, 3.05) is 12.4 Å². The van der Waals surface area contributed by atoms with E-state index >= 15 is 0 Å². The number of nitro benzene ring substituents is 1. The van der Waals surface area contributed by atoms with Crippen molar-refractivity contribution in [2.45, 2.75) is 0 Å². The fraction of sp³-hybridized carbons (Fsp3) is 0.0714. The van der Waals surface area contributed by atoms with Gasteiger partial charge < -0.3 is 15.2 Å². The normalized spacial score (nSPS) is 10.1. The van der Waals surface area contributed by atoms with E-state index < -0.39 is 10.8 Å². The van der Waals surface area contributed by atoms with Gasteiger partial charge in [-0.25, -0.2) is 0 Å². The predicted octanol–water partition coefficient (Wildman–Crippen LogP) is 3.21. The summed E-state index contributed by atoms with van der Waals surface area (Å²) in [5, 5.41) is 23.4. The van der Waals surface area contributed by atoms with Gasteiger partial charge in [-0.1, -0.05) is 11.6 Å². The topological polar surface area (TPSA) is 102 Å². The minimum Gasteiger partial charge on any atom is -0.506 e. The molecule has 0 heterocycles. The zero-order valence-corrected chi connectivity index (χ0v) is 12.1. The smallest absolute Gasteiger partial charge is 0.311 e. The van der Waals surface area contributed by atoms with E-state index in [1.165, 1.54) is 37.4 Å². The number of carbonyl (C=O) groups is 1. The SMILES string of the molecule is COc1ccc(C(=O)Nc2cc(Cl)ccc2O)cc1[N+](=O)[O-]. The second-order valence-electron chi connectivity index (χ2n) is 4.26. The minimum atomic E-state index is -0.646. The number of halogens is 1. The molecule has 0 spiro atoms. The number of nitrogens with zero attached hydrogens (tertiary/aromatic N) is 1. The van der Waals surface area contributed by atoms with Gasteiger partial charge in [0.1, 0.15) is 5.75 Å². The Kier molecular flexibility index (Phi) is 4.47. The highest BCUT2D eigenvalue weighted by molar-refractivity contribution is 6.31. The number of benzene rings is 2. The molecule has 8 heteroatoms. The number of methoxy groups -OCH3 is 1. The van der Waals surface area contributed by atoms with E-state index in [9.17, 15) is 20.0 Å². The molecule has 22 heavy (non-hydrogen) atoms. The average Bonchev–Trinajstić information content (AvgIpc) is 2.50. The van der Waals surface area contributed by atoms with Crippen LogP contribution in [0.1, 0.15) is 10.4 Å². The first kappa shape index (κ1) is 15.6. The molecule has 0 aromatic heterocycles. The van der Waals surface area contributed by atoms with Crippen LogP contribution in [0.5, 0.6) is 11.5 Å². The number of phenolic OH excluding ortho intramolecular Hbond substituents is 1. The van der Waals surface area contributed by atoms with Crippen molar-refractivity contribution in [3.05, 3.63) is 57.1 Å². The van der Waals surface area contributed by atoms with E-state index in [1.807, 2.05) is 0 Å². The molecule has 0 radical (unpaired) electrons. The highest BCUT2D eigenvalue weighted by atomic mass is 35.5. The van der Waals surface area contributed by atoms with Crippen molar-refractivity contribution in [2.24, 2.45) is 0 Å². The summed E-state index contributed by atoms with van der Waals surface area (Å²) in [6.45, 7) is 0. The highest BCUT2D eigenvalue weighted by Gasteiger charge is 2.18. The Labute approximate surface area is 130 Å². The van der Waals surface area contributed by atoms with Crippen LogP contribution in [0.15, 0.2) is 36.4 Å². The quantitative estimate of drug-likeness (QED) is 0.511. The number of amides is 1. The van der Waals surface area contributed by atoms with Gasteiger partial charge in [-0.15, -0.1) is 0 Å². The number of rotatable bonds is 4. The first-order valence-corrected chi connectivity index (χ1v) is 6.42. The first-order chi connectivity index (χ1) is 10.4. The third-order valence-corrected chi connectivity index (χ3v) is 3.08. The zero-order chi connectivity index (χ0) is 16.3. The van der Waals surface area contributed by atoms with E-state index in [4.69, 9.17) is 16.3 Å². The van der Waals surface area contributed by atoms with Crippen molar-refractivity contribution < 1.29 is 19.6 Å². The zero-order valence-electron chi connectivity index (χ0n) is 11.4. The van der Waals surface area contributed by atoms with Crippen molar-refractivity contribution in [3.8, 4) is 11.5 Å². The van der Waals surface area contributed by atoms with Crippen LogP contribution in [0, 0.1) is 10.1 Å². The van der Waals surface area contributed by atoms with Gasteiger partial charge in [0.05, 0.1) is 17.7 Å². The number of aromatic hydroxyl groups is 1. The molecule has 2 N–H and O–H groups in total. The lowest BCUT2D eigenvalue weighted by Gasteiger charge is -2.08. The number of phenols is 1.